The quantitative estimate of drug-likeness (QED) is 0.727. The van der Waals surface area contributed by atoms with Gasteiger partial charge in [0.25, 0.3) is 0 Å². The van der Waals surface area contributed by atoms with Gasteiger partial charge < -0.3 is 9.30 Å². The highest BCUT2D eigenvalue weighted by atomic mass is 16.5. The Labute approximate surface area is 93.9 Å². The molecule has 0 unspecified atom stereocenters. The average Bonchev–Trinajstić information content (AvgIpc) is 2.71. The second kappa shape index (κ2) is 3.96. The Hall–Kier alpha value is -1.84. The molecule has 1 aromatic heterocycles. The smallest absolute Gasteiger partial charge is 0.340 e. The zero-order chi connectivity index (χ0) is 11.7. The highest BCUT2D eigenvalue weighted by Gasteiger charge is 2.15. The summed E-state index contributed by atoms with van der Waals surface area (Å²) < 4.78 is 6.74. The number of carbonyl (C=O) groups is 1. The Morgan fingerprint density at radius 3 is 2.81 bits per heavy atom. The lowest BCUT2D eigenvalue weighted by molar-refractivity contribution is 0.0602. The number of carbonyl (C=O) groups excluding carboxylic acids is 1. The fourth-order valence-electron chi connectivity index (χ4n) is 1.76. The van der Waals surface area contributed by atoms with Crippen molar-refractivity contribution in [3.8, 4) is 0 Å². The SMILES string of the molecule is COC(=O)c1cccc2ncn(C(C)C)c12. The van der Waals surface area contributed by atoms with Gasteiger partial charge in [0.05, 0.1) is 30.0 Å². The lowest BCUT2D eigenvalue weighted by Crippen LogP contribution is -2.06. The van der Waals surface area contributed by atoms with E-state index in [2.05, 4.69) is 18.8 Å². The number of fused-ring (bicyclic) bond motifs is 1. The lowest BCUT2D eigenvalue weighted by Gasteiger charge is -2.10. The van der Waals surface area contributed by atoms with Gasteiger partial charge >= 0.3 is 5.97 Å². The molecular weight excluding hydrogens is 204 g/mol. The average molecular weight is 218 g/mol. The Morgan fingerprint density at radius 1 is 1.44 bits per heavy atom. The van der Waals surface area contributed by atoms with Gasteiger partial charge in [0.15, 0.2) is 0 Å². The molecular formula is C12H14N2O2. The highest BCUT2D eigenvalue weighted by molar-refractivity contribution is 6.02. The summed E-state index contributed by atoms with van der Waals surface area (Å²) in [5.41, 5.74) is 2.21. The Morgan fingerprint density at radius 2 is 2.19 bits per heavy atom. The summed E-state index contributed by atoms with van der Waals surface area (Å²) in [5.74, 6) is -0.326. The molecule has 0 atom stereocenters. The zero-order valence-corrected chi connectivity index (χ0v) is 9.60. The van der Waals surface area contributed by atoms with Crippen LogP contribution >= 0.6 is 0 Å². The molecule has 2 aromatic rings. The first-order valence-corrected chi connectivity index (χ1v) is 5.19. The van der Waals surface area contributed by atoms with Crippen molar-refractivity contribution in [2.75, 3.05) is 7.11 Å². The van der Waals surface area contributed by atoms with Gasteiger partial charge in [-0.05, 0) is 26.0 Å². The van der Waals surface area contributed by atoms with E-state index in [4.69, 9.17) is 4.74 Å². The summed E-state index contributed by atoms with van der Waals surface area (Å²) in [6, 6.07) is 5.72. The molecule has 0 radical (unpaired) electrons. The molecule has 0 aliphatic carbocycles. The Kier molecular flexibility index (Phi) is 2.64. The maximum atomic E-state index is 11.6. The van der Waals surface area contributed by atoms with Crippen molar-refractivity contribution in [1.29, 1.82) is 0 Å². The van der Waals surface area contributed by atoms with Crippen LogP contribution in [-0.2, 0) is 4.74 Å². The van der Waals surface area contributed by atoms with Crippen LogP contribution in [0.1, 0.15) is 30.2 Å². The molecule has 1 aromatic carbocycles. The van der Waals surface area contributed by atoms with Gasteiger partial charge in [-0.2, -0.15) is 0 Å². The number of hydrogen-bond donors (Lipinski definition) is 0. The third-order valence-electron chi connectivity index (χ3n) is 2.56. The molecule has 0 spiro atoms. The number of nitrogens with zero attached hydrogens (tertiary/aromatic N) is 2. The number of rotatable bonds is 2. The number of methoxy groups -OCH3 is 1. The van der Waals surface area contributed by atoms with Gasteiger partial charge in [-0.1, -0.05) is 6.07 Å². The van der Waals surface area contributed by atoms with Crippen LogP contribution in [0.2, 0.25) is 0 Å². The molecule has 0 N–H and O–H groups in total. The molecule has 0 amide bonds. The molecule has 0 fully saturated rings. The van der Waals surface area contributed by atoms with Crippen LogP contribution in [-0.4, -0.2) is 22.6 Å². The minimum atomic E-state index is -0.326. The van der Waals surface area contributed by atoms with E-state index >= 15 is 0 Å². The van der Waals surface area contributed by atoms with Gasteiger partial charge in [-0.3, -0.25) is 0 Å². The van der Waals surface area contributed by atoms with Crippen molar-refractivity contribution < 1.29 is 9.53 Å². The number of benzene rings is 1. The van der Waals surface area contributed by atoms with Crippen molar-refractivity contribution in [1.82, 2.24) is 9.55 Å². The molecule has 16 heavy (non-hydrogen) atoms. The predicted octanol–water partition coefficient (Wildman–Crippen LogP) is 2.40. The van der Waals surface area contributed by atoms with Crippen molar-refractivity contribution in [3.05, 3.63) is 30.1 Å². The summed E-state index contributed by atoms with van der Waals surface area (Å²) in [4.78, 5) is 15.9. The van der Waals surface area contributed by atoms with E-state index in [0.717, 1.165) is 11.0 Å². The van der Waals surface area contributed by atoms with Crippen LogP contribution in [0.3, 0.4) is 0 Å². The van der Waals surface area contributed by atoms with Gasteiger partial charge in [0.1, 0.15) is 0 Å². The van der Waals surface area contributed by atoms with Crippen molar-refractivity contribution in [3.63, 3.8) is 0 Å². The number of hydrogen-bond acceptors (Lipinski definition) is 3. The third kappa shape index (κ3) is 1.56. The Bertz CT molecular complexity index is 529. The van der Waals surface area contributed by atoms with Crippen molar-refractivity contribution >= 4 is 17.0 Å². The van der Waals surface area contributed by atoms with E-state index in [9.17, 15) is 4.79 Å². The molecule has 4 heteroatoms. The first-order chi connectivity index (χ1) is 7.65. The van der Waals surface area contributed by atoms with Crippen LogP contribution in [0, 0.1) is 0 Å². The largest absolute Gasteiger partial charge is 0.465 e. The van der Waals surface area contributed by atoms with Crippen LogP contribution in [0.5, 0.6) is 0 Å². The molecule has 0 bridgehead atoms. The number of para-hydroxylation sites is 1. The monoisotopic (exact) mass is 218 g/mol. The van der Waals surface area contributed by atoms with Gasteiger partial charge in [-0.25, -0.2) is 9.78 Å². The van der Waals surface area contributed by atoms with E-state index in [1.807, 2.05) is 16.7 Å². The second-order valence-electron chi connectivity index (χ2n) is 3.91. The van der Waals surface area contributed by atoms with E-state index in [-0.39, 0.29) is 12.0 Å². The van der Waals surface area contributed by atoms with Crippen LogP contribution in [0.4, 0.5) is 0 Å². The minimum absolute atomic E-state index is 0.260. The number of imidazole rings is 1. The topological polar surface area (TPSA) is 44.1 Å². The predicted molar refractivity (Wildman–Crippen MR) is 61.5 cm³/mol. The van der Waals surface area contributed by atoms with Gasteiger partial charge in [0.2, 0.25) is 0 Å². The molecule has 0 aliphatic rings. The minimum Gasteiger partial charge on any atom is -0.465 e. The first kappa shape index (κ1) is 10.7. The second-order valence-corrected chi connectivity index (χ2v) is 3.91. The summed E-state index contributed by atoms with van der Waals surface area (Å²) in [6.07, 6.45) is 1.75. The third-order valence-corrected chi connectivity index (χ3v) is 2.56. The summed E-state index contributed by atoms with van der Waals surface area (Å²) in [7, 11) is 1.39. The fraction of sp³-hybridized carbons (Fsp3) is 0.333. The van der Waals surface area contributed by atoms with Crippen molar-refractivity contribution in [2.24, 2.45) is 0 Å². The van der Waals surface area contributed by atoms with E-state index < -0.39 is 0 Å². The van der Waals surface area contributed by atoms with Crippen LogP contribution in [0.25, 0.3) is 11.0 Å². The summed E-state index contributed by atoms with van der Waals surface area (Å²) >= 11 is 0. The lowest BCUT2D eigenvalue weighted by atomic mass is 10.1. The highest BCUT2D eigenvalue weighted by Crippen LogP contribution is 2.21. The number of aromatic nitrogens is 2. The maximum absolute atomic E-state index is 11.6. The molecule has 0 aliphatic heterocycles. The van der Waals surface area contributed by atoms with E-state index in [1.54, 1.807) is 12.4 Å². The molecule has 4 nitrogen and oxygen atoms in total. The molecule has 2 rings (SSSR count). The molecule has 0 saturated carbocycles. The Balaban J connectivity index is 2.73. The molecule has 84 valence electrons. The normalized spacial score (nSPS) is 11.0. The van der Waals surface area contributed by atoms with E-state index in [0.29, 0.717) is 5.56 Å². The summed E-state index contributed by atoms with van der Waals surface area (Å²) in [6.45, 7) is 4.10. The first-order valence-electron chi connectivity index (χ1n) is 5.19. The maximum Gasteiger partial charge on any atom is 0.340 e. The standard InChI is InChI=1S/C12H14N2O2/c1-8(2)14-7-13-10-6-4-5-9(11(10)14)12(15)16-3/h4-8H,1-3H3. The number of esters is 1. The van der Waals surface area contributed by atoms with Gasteiger partial charge in [-0.15, -0.1) is 0 Å². The van der Waals surface area contributed by atoms with Crippen molar-refractivity contribution in [2.45, 2.75) is 19.9 Å². The van der Waals surface area contributed by atoms with Crippen LogP contribution in [0.15, 0.2) is 24.5 Å². The van der Waals surface area contributed by atoms with Crippen LogP contribution < -0.4 is 0 Å². The zero-order valence-electron chi connectivity index (χ0n) is 9.60. The fourth-order valence-corrected chi connectivity index (χ4v) is 1.76. The molecule has 0 saturated heterocycles. The van der Waals surface area contributed by atoms with Gasteiger partial charge in [0, 0.05) is 6.04 Å². The summed E-state index contributed by atoms with van der Waals surface area (Å²) in [5, 5.41) is 0. The van der Waals surface area contributed by atoms with E-state index in [1.165, 1.54) is 7.11 Å². The molecule has 1 heterocycles. The number of ether oxygens (including phenoxy) is 1.